The van der Waals surface area contributed by atoms with E-state index in [1.165, 1.54) is 0 Å². The molecule has 1 aliphatic carbocycles. The summed E-state index contributed by atoms with van der Waals surface area (Å²) in [6.45, 7) is 2.14. The van der Waals surface area contributed by atoms with Crippen LogP contribution in [0.1, 0.15) is 45.3 Å². The molecule has 0 bridgehead atoms. The van der Waals surface area contributed by atoms with E-state index in [1.54, 1.807) is 48.0 Å². The average Bonchev–Trinajstić information content (AvgIpc) is 3.22. The van der Waals surface area contributed by atoms with Gasteiger partial charge in [0.25, 0.3) is 0 Å². The molecule has 0 amide bonds. The lowest BCUT2D eigenvalue weighted by Crippen LogP contribution is -2.49. The zero-order chi connectivity index (χ0) is 22.3. The molecule has 1 heterocycles. The summed E-state index contributed by atoms with van der Waals surface area (Å²) in [4.78, 5) is 26.4. The second-order valence-electron chi connectivity index (χ2n) is 8.08. The van der Waals surface area contributed by atoms with E-state index >= 15 is 0 Å². The maximum atomic E-state index is 13.3. The zero-order valence-corrected chi connectivity index (χ0v) is 17.1. The number of fused-ring (bicyclic) bond motifs is 3. The van der Waals surface area contributed by atoms with Crippen molar-refractivity contribution in [2.75, 3.05) is 19.8 Å². The largest absolute Gasteiger partial charge is 0.506 e. The molecular weight excluding hydrogens is 400 g/mol. The van der Waals surface area contributed by atoms with Crippen molar-refractivity contribution >= 4 is 22.3 Å². The van der Waals surface area contributed by atoms with E-state index < -0.39 is 17.1 Å². The smallest absolute Gasteiger partial charge is 0.214 e. The monoisotopic (exact) mass is 424 g/mol. The SMILES string of the molecule is CC(CO)(CO)NCCCn1ccc2c1C(=O)c1c(c(O)c3ccccc3c1O)C2=O. The molecule has 8 heteroatoms. The van der Waals surface area contributed by atoms with E-state index in [9.17, 15) is 30.0 Å². The van der Waals surface area contributed by atoms with Crippen LogP contribution in [0, 0.1) is 0 Å². The normalized spacial score (nSPS) is 13.5. The summed E-state index contributed by atoms with van der Waals surface area (Å²) in [5.74, 6) is -1.65. The van der Waals surface area contributed by atoms with Crippen LogP contribution in [0.5, 0.6) is 11.5 Å². The lowest BCUT2D eigenvalue weighted by atomic mass is 9.84. The summed E-state index contributed by atoms with van der Waals surface area (Å²) in [5, 5.41) is 43.9. The number of phenolic OH excluding ortho intramolecular Hbond substituents is 2. The number of nitrogens with zero attached hydrogens (tertiary/aromatic N) is 1. The maximum absolute atomic E-state index is 13.3. The minimum Gasteiger partial charge on any atom is -0.506 e. The van der Waals surface area contributed by atoms with Gasteiger partial charge < -0.3 is 30.3 Å². The molecular formula is C23H24N2O6. The Labute approximate surface area is 178 Å². The van der Waals surface area contributed by atoms with Crippen molar-refractivity contribution in [1.29, 1.82) is 0 Å². The van der Waals surface area contributed by atoms with E-state index in [0.29, 0.717) is 30.3 Å². The summed E-state index contributed by atoms with van der Waals surface area (Å²) in [6.07, 6.45) is 2.21. The Kier molecular flexibility index (Phi) is 5.30. The van der Waals surface area contributed by atoms with E-state index in [2.05, 4.69) is 5.32 Å². The van der Waals surface area contributed by atoms with Crippen LogP contribution in [0.15, 0.2) is 36.5 Å². The molecule has 0 aliphatic heterocycles. The summed E-state index contributed by atoms with van der Waals surface area (Å²) in [5.41, 5.74) is -0.791. The van der Waals surface area contributed by atoms with Gasteiger partial charge in [-0.25, -0.2) is 0 Å². The second-order valence-corrected chi connectivity index (χ2v) is 8.08. The van der Waals surface area contributed by atoms with Gasteiger partial charge in [-0.15, -0.1) is 0 Å². The molecule has 0 radical (unpaired) electrons. The van der Waals surface area contributed by atoms with Gasteiger partial charge in [0, 0.05) is 23.5 Å². The number of hydrogen-bond acceptors (Lipinski definition) is 7. The van der Waals surface area contributed by atoms with Crippen molar-refractivity contribution in [3.8, 4) is 11.5 Å². The molecule has 1 aliphatic rings. The predicted octanol–water partition coefficient (Wildman–Crippen LogP) is 1.55. The standard InChI is InChI=1S/C23H24N2O6/c1-23(11-26,12-27)24-8-4-9-25-10-7-15-18(25)22(31)17-16(21(15)30)19(28)13-5-2-3-6-14(13)20(17)29/h2-3,5-7,10,24,26-29H,4,8-9,11-12H2,1H3. The first-order valence-electron chi connectivity index (χ1n) is 10.0. The minimum atomic E-state index is -0.800. The molecule has 31 heavy (non-hydrogen) atoms. The fraction of sp³-hybridized carbons (Fsp3) is 0.304. The molecule has 0 spiro atoms. The molecule has 0 unspecified atom stereocenters. The van der Waals surface area contributed by atoms with E-state index in [1.807, 2.05) is 0 Å². The number of nitrogens with one attached hydrogen (secondary N) is 1. The Hall–Kier alpha value is -3.20. The number of carbonyl (C=O) groups is 2. The highest BCUT2D eigenvalue weighted by Crippen LogP contribution is 2.44. The fourth-order valence-electron chi connectivity index (χ4n) is 3.99. The number of aliphatic hydroxyl groups excluding tert-OH is 2. The Morgan fingerprint density at radius 1 is 0.935 bits per heavy atom. The molecule has 5 N–H and O–H groups in total. The van der Waals surface area contributed by atoms with Crippen molar-refractivity contribution in [2.45, 2.75) is 25.4 Å². The number of aromatic hydroxyl groups is 2. The highest BCUT2D eigenvalue weighted by atomic mass is 16.3. The van der Waals surface area contributed by atoms with Gasteiger partial charge in [-0.2, -0.15) is 0 Å². The zero-order valence-electron chi connectivity index (χ0n) is 17.1. The molecule has 162 valence electrons. The van der Waals surface area contributed by atoms with Gasteiger partial charge in [0.1, 0.15) is 17.2 Å². The quantitative estimate of drug-likeness (QED) is 0.225. The van der Waals surface area contributed by atoms with E-state index in [-0.39, 0.29) is 47.1 Å². The molecule has 0 fully saturated rings. The number of aliphatic hydroxyl groups is 2. The molecule has 1 aromatic heterocycles. The Bertz CT molecular complexity index is 1190. The van der Waals surface area contributed by atoms with Crippen LogP contribution >= 0.6 is 0 Å². The number of ketones is 2. The van der Waals surface area contributed by atoms with E-state index in [4.69, 9.17) is 0 Å². The van der Waals surface area contributed by atoms with E-state index in [0.717, 1.165) is 0 Å². The Morgan fingerprint density at radius 2 is 1.52 bits per heavy atom. The van der Waals surface area contributed by atoms with Gasteiger partial charge in [0.05, 0.1) is 35.4 Å². The molecule has 2 aromatic carbocycles. The Balaban J connectivity index is 1.67. The third kappa shape index (κ3) is 3.29. The molecule has 8 nitrogen and oxygen atoms in total. The number of carbonyl (C=O) groups excluding carboxylic acids is 2. The number of benzene rings is 2. The number of rotatable bonds is 7. The van der Waals surface area contributed by atoms with Gasteiger partial charge in [-0.1, -0.05) is 24.3 Å². The number of aryl methyl sites for hydroxylation is 1. The molecule has 0 saturated heterocycles. The molecule has 0 saturated carbocycles. The van der Waals surface area contributed by atoms with Crippen LogP contribution in [0.2, 0.25) is 0 Å². The topological polar surface area (TPSA) is 132 Å². The molecule has 4 rings (SSSR count). The third-order valence-electron chi connectivity index (χ3n) is 5.86. The van der Waals surface area contributed by atoms with Gasteiger partial charge in [0.15, 0.2) is 5.78 Å². The number of hydrogen-bond donors (Lipinski definition) is 5. The first-order chi connectivity index (χ1) is 14.8. The van der Waals surface area contributed by atoms with Gasteiger partial charge in [-0.3, -0.25) is 9.59 Å². The van der Waals surface area contributed by atoms with Crippen molar-refractivity contribution in [2.24, 2.45) is 0 Å². The van der Waals surface area contributed by atoms with Crippen LogP contribution < -0.4 is 5.32 Å². The van der Waals surface area contributed by atoms with Crippen molar-refractivity contribution < 1.29 is 30.0 Å². The van der Waals surface area contributed by atoms with Crippen LogP contribution in [0.3, 0.4) is 0 Å². The molecule has 0 atom stereocenters. The lowest BCUT2D eigenvalue weighted by molar-refractivity contribution is 0.0968. The maximum Gasteiger partial charge on any atom is 0.214 e. The lowest BCUT2D eigenvalue weighted by Gasteiger charge is -2.26. The third-order valence-corrected chi connectivity index (χ3v) is 5.86. The number of aromatic nitrogens is 1. The van der Waals surface area contributed by atoms with Crippen LogP contribution in [0.25, 0.3) is 10.8 Å². The number of phenols is 2. The second kappa shape index (κ2) is 7.81. The van der Waals surface area contributed by atoms with Crippen LogP contribution in [0.4, 0.5) is 0 Å². The first-order valence-corrected chi connectivity index (χ1v) is 10.0. The molecule has 3 aromatic rings. The van der Waals surface area contributed by atoms with Gasteiger partial charge in [0.2, 0.25) is 5.78 Å². The summed E-state index contributed by atoms with van der Waals surface area (Å²) < 4.78 is 1.65. The predicted molar refractivity (Wildman–Crippen MR) is 114 cm³/mol. The van der Waals surface area contributed by atoms with Gasteiger partial charge >= 0.3 is 0 Å². The van der Waals surface area contributed by atoms with Crippen LogP contribution in [-0.2, 0) is 6.54 Å². The van der Waals surface area contributed by atoms with Gasteiger partial charge in [-0.05, 0) is 26.0 Å². The summed E-state index contributed by atoms with van der Waals surface area (Å²) in [6, 6.07) is 8.07. The average molecular weight is 424 g/mol. The summed E-state index contributed by atoms with van der Waals surface area (Å²) >= 11 is 0. The Morgan fingerprint density at radius 3 is 2.10 bits per heavy atom. The first kappa shape index (κ1) is 21.0. The fourth-order valence-corrected chi connectivity index (χ4v) is 3.99. The van der Waals surface area contributed by atoms with Crippen molar-refractivity contribution in [3.63, 3.8) is 0 Å². The highest BCUT2D eigenvalue weighted by Gasteiger charge is 2.38. The van der Waals surface area contributed by atoms with Crippen molar-refractivity contribution in [1.82, 2.24) is 9.88 Å². The highest BCUT2D eigenvalue weighted by molar-refractivity contribution is 6.32. The minimum absolute atomic E-state index is 0.172. The van der Waals surface area contributed by atoms with Crippen molar-refractivity contribution in [3.05, 3.63) is 58.9 Å². The summed E-state index contributed by atoms with van der Waals surface area (Å²) in [7, 11) is 0. The van der Waals surface area contributed by atoms with Crippen LogP contribution in [-0.4, -0.2) is 61.9 Å².